The SMILES string of the molecule is Cc1ccc(NC(=O)Cn2c(C)cc(=O)n3nc(-c4cccs4)nc23)cc1Cl. The summed E-state index contributed by atoms with van der Waals surface area (Å²) in [5.74, 6) is 0.525. The average Bonchev–Trinajstić information content (AvgIpc) is 3.31. The smallest absolute Gasteiger partial charge is 0.275 e. The predicted molar refractivity (Wildman–Crippen MR) is 110 cm³/mol. The third-order valence-corrected chi connectivity index (χ3v) is 5.57. The second-order valence-electron chi connectivity index (χ2n) is 6.35. The van der Waals surface area contributed by atoms with Crippen LogP contribution in [0.15, 0.2) is 46.6 Å². The average molecular weight is 414 g/mol. The van der Waals surface area contributed by atoms with Crippen LogP contribution in [0.4, 0.5) is 5.69 Å². The van der Waals surface area contributed by atoms with Gasteiger partial charge < -0.3 is 9.88 Å². The van der Waals surface area contributed by atoms with Crippen molar-refractivity contribution >= 4 is 40.3 Å². The minimum atomic E-state index is -0.287. The van der Waals surface area contributed by atoms with E-state index in [4.69, 9.17) is 11.6 Å². The summed E-state index contributed by atoms with van der Waals surface area (Å²) >= 11 is 7.60. The molecule has 0 saturated heterocycles. The van der Waals surface area contributed by atoms with Gasteiger partial charge in [-0.3, -0.25) is 9.59 Å². The van der Waals surface area contributed by atoms with E-state index in [-0.39, 0.29) is 18.0 Å². The zero-order valence-corrected chi connectivity index (χ0v) is 16.7. The molecule has 0 fully saturated rings. The fourth-order valence-electron chi connectivity index (χ4n) is 2.82. The summed E-state index contributed by atoms with van der Waals surface area (Å²) in [6.07, 6.45) is 0. The van der Waals surface area contributed by atoms with E-state index in [0.717, 1.165) is 10.4 Å². The van der Waals surface area contributed by atoms with Crippen LogP contribution in [0, 0.1) is 13.8 Å². The van der Waals surface area contributed by atoms with Crippen LogP contribution in [0.1, 0.15) is 11.3 Å². The lowest BCUT2D eigenvalue weighted by atomic mass is 10.2. The lowest BCUT2D eigenvalue weighted by Gasteiger charge is -2.12. The Morgan fingerprint density at radius 2 is 2.07 bits per heavy atom. The number of aryl methyl sites for hydroxylation is 2. The number of halogens is 1. The second-order valence-corrected chi connectivity index (χ2v) is 7.70. The van der Waals surface area contributed by atoms with Crippen molar-refractivity contribution in [2.75, 3.05) is 5.32 Å². The van der Waals surface area contributed by atoms with E-state index in [0.29, 0.717) is 28.0 Å². The Morgan fingerprint density at radius 1 is 1.25 bits per heavy atom. The molecule has 0 saturated carbocycles. The normalized spacial score (nSPS) is 11.1. The Morgan fingerprint density at radius 3 is 2.79 bits per heavy atom. The summed E-state index contributed by atoms with van der Waals surface area (Å²) in [6.45, 7) is 3.64. The van der Waals surface area contributed by atoms with E-state index in [9.17, 15) is 9.59 Å². The molecule has 3 aromatic heterocycles. The van der Waals surface area contributed by atoms with Gasteiger partial charge in [0.1, 0.15) is 6.54 Å². The molecule has 0 unspecified atom stereocenters. The van der Waals surface area contributed by atoms with Crippen molar-refractivity contribution in [3.05, 3.63) is 68.4 Å². The molecule has 1 amide bonds. The molecule has 0 bridgehead atoms. The number of nitrogens with zero attached hydrogens (tertiary/aromatic N) is 4. The van der Waals surface area contributed by atoms with Gasteiger partial charge in [0.05, 0.1) is 4.88 Å². The Balaban J connectivity index is 1.68. The lowest BCUT2D eigenvalue weighted by Crippen LogP contribution is -2.25. The molecule has 7 nitrogen and oxygen atoms in total. The van der Waals surface area contributed by atoms with Crippen LogP contribution in [0.25, 0.3) is 16.5 Å². The first-order valence-electron chi connectivity index (χ1n) is 8.49. The maximum atomic E-state index is 12.6. The highest BCUT2D eigenvalue weighted by molar-refractivity contribution is 7.13. The highest BCUT2D eigenvalue weighted by Gasteiger charge is 2.16. The van der Waals surface area contributed by atoms with Crippen molar-refractivity contribution in [1.82, 2.24) is 19.2 Å². The highest BCUT2D eigenvalue weighted by atomic mass is 35.5. The van der Waals surface area contributed by atoms with Crippen LogP contribution in [-0.4, -0.2) is 25.1 Å². The number of amides is 1. The fraction of sp³-hybridized carbons (Fsp3) is 0.158. The molecular weight excluding hydrogens is 398 g/mol. The molecule has 3 heterocycles. The molecule has 28 heavy (non-hydrogen) atoms. The zero-order chi connectivity index (χ0) is 19.8. The van der Waals surface area contributed by atoms with Crippen molar-refractivity contribution in [3.63, 3.8) is 0 Å². The first-order valence-corrected chi connectivity index (χ1v) is 9.75. The number of rotatable bonds is 4. The molecule has 142 valence electrons. The van der Waals surface area contributed by atoms with Gasteiger partial charge in [-0.25, -0.2) is 0 Å². The standard InChI is InChI=1S/C19H16ClN5O2S/c1-11-5-6-13(9-14(11)20)21-16(26)10-24-12(2)8-17(27)25-19(24)22-18(23-25)15-4-3-7-28-15/h3-9H,10H2,1-2H3,(H,21,26). The van der Waals surface area contributed by atoms with Crippen molar-refractivity contribution in [3.8, 4) is 10.7 Å². The molecule has 0 radical (unpaired) electrons. The Bertz CT molecular complexity index is 1240. The first-order chi connectivity index (χ1) is 13.4. The van der Waals surface area contributed by atoms with Gasteiger partial charge in [-0.2, -0.15) is 9.50 Å². The number of carbonyl (C=O) groups is 1. The maximum absolute atomic E-state index is 12.6. The Labute approximate surface area is 169 Å². The fourth-order valence-corrected chi connectivity index (χ4v) is 3.66. The molecule has 0 aliphatic rings. The molecule has 4 aromatic rings. The van der Waals surface area contributed by atoms with Crippen LogP contribution >= 0.6 is 22.9 Å². The van der Waals surface area contributed by atoms with Gasteiger partial charge in [-0.15, -0.1) is 16.4 Å². The van der Waals surface area contributed by atoms with E-state index >= 15 is 0 Å². The molecular formula is C19H16ClN5O2S. The van der Waals surface area contributed by atoms with E-state index in [1.165, 1.54) is 21.9 Å². The van der Waals surface area contributed by atoms with Gasteiger partial charge in [-0.05, 0) is 43.0 Å². The summed E-state index contributed by atoms with van der Waals surface area (Å²) in [7, 11) is 0. The minimum absolute atomic E-state index is 0.0102. The van der Waals surface area contributed by atoms with Crippen LogP contribution in [0.3, 0.4) is 0 Å². The number of hydrogen-bond donors (Lipinski definition) is 1. The molecule has 9 heteroatoms. The summed E-state index contributed by atoms with van der Waals surface area (Å²) in [5.41, 5.74) is 1.88. The van der Waals surface area contributed by atoms with Crippen molar-refractivity contribution in [1.29, 1.82) is 0 Å². The molecule has 1 N–H and O–H groups in total. The topological polar surface area (TPSA) is 81.3 Å². The summed E-state index contributed by atoms with van der Waals surface area (Å²) in [4.78, 5) is 30.2. The van der Waals surface area contributed by atoms with Gasteiger partial charge in [0, 0.05) is 22.5 Å². The molecule has 0 aliphatic carbocycles. The molecule has 0 atom stereocenters. The summed E-state index contributed by atoms with van der Waals surface area (Å²) < 4.78 is 2.88. The number of carbonyl (C=O) groups excluding carboxylic acids is 1. The van der Waals surface area contributed by atoms with E-state index in [1.807, 2.05) is 30.5 Å². The van der Waals surface area contributed by atoms with Crippen LogP contribution in [-0.2, 0) is 11.3 Å². The van der Waals surface area contributed by atoms with Gasteiger partial charge in [-0.1, -0.05) is 23.7 Å². The van der Waals surface area contributed by atoms with Gasteiger partial charge in [0.25, 0.3) is 5.56 Å². The molecule has 4 rings (SSSR count). The Hall–Kier alpha value is -2.97. The van der Waals surface area contributed by atoms with E-state index in [1.54, 1.807) is 23.6 Å². The summed E-state index contributed by atoms with van der Waals surface area (Å²) in [5, 5.41) is 9.62. The van der Waals surface area contributed by atoms with Gasteiger partial charge in [0.2, 0.25) is 11.7 Å². The number of fused-ring (bicyclic) bond motifs is 1. The summed E-state index contributed by atoms with van der Waals surface area (Å²) in [6, 6.07) is 10.5. The Kier molecular flexibility index (Phi) is 4.74. The lowest BCUT2D eigenvalue weighted by molar-refractivity contribution is -0.116. The molecule has 0 spiro atoms. The number of hydrogen-bond acceptors (Lipinski definition) is 5. The maximum Gasteiger partial charge on any atom is 0.275 e. The second kappa shape index (κ2) is 7.21. The quantitative estimate of drug-likeness (QED) is 0.555. The van der Waals surface area contributed by atoms with Crippen molar-refractivity contribution < 1.29 is 4.79 Å². The molecule has 0 aliphatic heterocycles. The largest absolute Gasteiger partial charge is 0.324 e. The van der Waals surface area contributed by atoms with Gasteiger partial charge in [0.15, 0.2) is 5.82 Å². The predicted octanol–water partition coefficient (Wildman–Crippen LogP) is 3.53. The number of nitrogens with one attached hydrogen (secondary N) is 1. The first kappa shape index (κ1) is 18.4. The van der Waals surface area contributed by atoms with Gasteiger partial charge >= 0.3 is 0 Å². The monoisotopic (exact) mass is 413 g/mol. The zero-order valence-electron chi connectivity index (χ0n) is 15.1. The van der Waals surface area contributed by atoms with E-state index < -0.39 is 0 Å². The number of anilines is 1. The number of benzene rings is 1. The third-order valence-electron chi connectivity index (χ3n) is 4.30. The van der Waals surface area contributed by atoms with Crippen molar-refractivity contribution in [2.24, 2.45) is 0 Å². The highest BCUT2D eigenvalue weighted by Crippen LogP contribution is 2.22. The van der Waals surface area contributed by atoms with E-state index in [2.05, 4.69) is 15.4 Å². The third kappa shape index (κ3) is 3.44. The molecule has 1 aromatic carbocycles. The van der Waals surface area contributed by atoms with Crippen molar-refractivity contribution in [2.45, 2.75) is 20.4 Å². The van der Waals surface area contributed by atoms with Crippen LogP contribution in [0.2, 0.25) is 5.02 Å². The minimum Gasteiger partial charge on any atom is -0.324 e. The number of aromatic nitrogens is 4. The number of thiophene rings is 1. The van der Waals surface area contributed by atoms with Crippen LogP contribution < -0.4 is 10.9 Å². The van der Waals surface area contributed by atoms with Crippen LogP contribution in [0.5, 0.6) is 0 Å².